The van der Waals surface area contributed by atoms with Crippen LogP contribution in [0.25, 0.3) is 20.4 Å². The normalized spacial score (nSPS) is 12.4. The van der Waals surface area contributed by atoms with Crippen LogP contribution in [0.2, 0.25) is 10.0 Å². The maximum absolute atomic E-state index is 12.8. The van der Waals surface area contributed by atoms with Crippen molar-refractivity contribution >= 4 is 78.1 Å². The number of carbonyl (C=O) groups excluding carboxylic acids is 2. The van der Waals surface area contributed by atoms with Crippen LogP contribution in [-0.4, -0.2) is 20.9 Å². The first kappa shape index (κ1) is 27.2. The topological polar surface area (TPSA) is 78.0 Å². The van der Waals surface area contributed by atoms with Gasteiger partial charge in [-0.1, -0.05) is 45.9 Å². The van der Waals surface area contributed by atoms with Gasteiger partial charge in [0.1, 0.15) is 11.5 Å². The fraction of sp³-hybridized carbons (Fsp3) is 0.0667. The Morgan fingerprint density at radius 1 is 0.634 bits per heavy atom. The van der Waals surface area contributed by atoms with Crippen molar-refractivity contribution in [2.75, 3.05) is 0 Å². The lowest BCUT2D eigenvalue weighted by Crippen LogP contribution is -2.13. The Morgan fingerprint density at radius 3 is 1.41 bits per heavy atom. The highest BCUT2D eigenvalue weighted by atomic mass is 35.5. The third-order valence-electron chi connectivity index (χ3n) is 6.38. The number of halogens is 2. The zero-order chi connectivity index (χ0) is 28.7. The van der Waals surface area contributed by atoms with Gasteiger partial charge in [0.05, 0.1) is 20.4 Å². The molecule has 0 aliphatic rings. The van der Waals surface area contributed by atoms with E-state index >= 15 is 0 Å². The van der Waals surface area contributed by atoms with Gasteiger partial charge in [-0.25, -0.2) is 0 Å². The van der Waals surface area contributed by atoms with E-state index in [1.165, 1.54) is 22.7 Å². The number of benzene rings is 4. The van der Waals surface area contributed by atoms with Crippen molar-refractivity contribution < 1.29 is 14.3 Å². The van der Waals surface area contributed by atoms with Crippen LogP contribution < -0.4 is 14.3 Å². The molecule has 0 saturated heterocycles. The van der Waals surface area contributed by atoms with Crippen molar-refractivity contribution in [3.63, 3.8) is 0 Å². The minimum Gasteiger partial charge on any atom is -0.457 e. The molecule has 204 valence electrons. The molecule has 0 aliphatic carbocycles. The van der Waals surface area contributed by atoms with E-state index in [-0.39, 0.29) is 11.8 Å². The molecule has 0 saturated carbocycles. The number of hydrogen-bond donors (Lipinski definition) is 0. The van der Waals surface area contributed by atoms with E-state index in [4.69, 9.17) is 27.9 Å². The standard InChI is InChI=1S/C30H20Cl2N4O3S2/c1-35-23-13-7-19(31)15-25(23)40-29(35)33-27(37)17-3-9-21(10-4-17)39-22-11-5-18(6-12-22)28(38)34-30-36(2)24-14-8-20(32)16-26(24)41-30/h3-16H,1-2H3. The molecular weight excluding hydrogens is 599 g/mol. The van der Waals surface area contributed by atoms with Crippen molar-refractivity contribution in [3.05, 3.63) is 116 Å². The van der Waals surface area contributed by atoms with E-state index < -0.39 is 0 Å². The lowest BCUT2D eigenvalue weighted by molar-refractivity contribution is 0.0989. The maximum atomic E-state index is 12.8. The highest BCUT2D eigenvalue weighted by molar-refractivity contribution is 7.16. The number of aryl methyl sites for hydroxylation is 2. The Balaban J connectivity index is 1.15. The highest BCUT2D eigenvalue weighted by Crippen LogP contribution is 2.24. The summed E-state index contributed by atoms with van der Waals surface area (Å²) in [7, 11) is 3.73. The predicted octanol–water partition coefficient (Wildman–Crippen LogP) is 7.37. The van der Waals surface area contributed by atoms with Crippen molar-refractivity contribution in [2.24, 2.45) is 24.1 Å². The second kappa shape index (κ2) is 11.1. The molecule has 0 fully saturated rings. The Labute approximate surface area is 251 Å². The molecule has 7 nitrogen and oxygen atoms in total. The van der Waals surface area contributed by atoms with Gasteiger partial charge in [-0.3, -0.25) is 9.59 Å². The number of rotatable bonds is 4. The molecule has 0 N–H and O–H groups in total. The summed E-state index contributed by atoms with van der Waals surface area (Å²) in [5.41, 5.74) is 2.78. The summed E-state index contributed by atoms with van der Waals surface area (Å²) >= 11 is 15.0. The minimum atomic E-state index is -0.355. The van der Waals surface area contributed by atoms with Crippen LogP contribution in [0.1, 0.15) is 20.7 Å². The van der Waals surface area contributed by atoms with E-state index in [9.17, 15) is 9.59 Å². The largest absolute Gasteiger partial charge is 0.457 e. The Hall–Kier alpha value is -4.02. The fourth-order valence-corrected chi connectivity index (χ4v) is 6.78. The fourth-order valence-electron chi connectivity index (χ4n) is 4.20. The molecule has 2 heterocycles. The van der Waals surface area contributed by atoms with Crippen LogP contribution in [0.15, 0.2) is 94.9 Å². The van der Waals surface area contributed by atoms with Gasteiger partial charge >= 0.3 is 0 Å². The van der Waals surface area contributed by atoms with Gasteiger partial charge in [-0.05, 0) is 84.9 Å². The summed E-state index contributed by atoms with van der Waals surface area (Å²) in [4.78, 5) is 35.4. The Kier molecular flexibility index (Phi) is 7.35. The molecule has 0 aliphatic heterocycles. The van der Waals surface area contributed by atoms with Gasteiger partial charge in [-0.15, -0.1) is 0 Å². The molecule has 0 atom stereocenters. The number of fused-ring (bicyclic) bond motifs is 2. The minimum absolute atomic E-state index is 0.355. The van der Waals surface area contributed by atoms with Crippen LogP contribution in [0, 0.1) is 0 Å². The number of aromatic nitrogens is 2. The summed E-state index contributed by atoms with van der Waals surface area (Å²) in [6.45, 7) is 0. The van der Waals surface area contributed by atoms with E-state index in [0.717, 1.165) is 20.4 Å². The molecular formula is C30H20Cl2N4O3S2. The van der Waals surface area contributed by atoms with Gasteiger partial charge < -0.3 is 13.9 Å². The summed E-state index contributed by atoms with van der Waals surface area (Å²) < 4.78 is 11.6. The lowest BCUT2D eigenvalue weighted by Gasteiger charge is -2.06. The number of nitrogens with zero attached hydrogens (tertiary/aromatic N) is 4. The van der Waals surface area contributed by atoms with Crippen LogP contribution in [-0.2, 0) is 14.1 Å². The lowest BCUT2D eigenvalue weighted by atomic mass is 10.2. The number of ether oxygens (including phenoxy) is 1. The molecule has 0 spiro atoms. The SMILES string of the molecule is Cn1c(=NC(=O)c2ccc(Oc3ccc(C(=O)N=c4sc5cc(Cl)ccc5n4C)cc3)cc2)sc2cc(Cl)ccc21. The number of hydrogen-bond acceptors (Lipinski definition) is 5. The van der Waals surface area contributed by atoms with Gasteiger partial charge in [0.25, 0.3) is 11.8 Å². The number of thiazole rings is 2. The van der Waals surface area contributed by atoms with Gasteiger partial charge in [0.2, 0.25) is 0 Å². The van der Waals surface area contributed by atoms with Crippen molar-refractivity contribution in [1.82, 2.24) is 9.13 Å². The van der Waals surface area contributed by atoms with Crippen LogP contribution >= 0.6 is 45.9 Å². The Bertz CT molecular complexity index is 1950. The van der Waals surface area contributed by atoms with Gasteiger partial charge in [-0.2, -0.15) is 9.98 Å². The van der Waals surface area contributed by atoms with Gasteiger partial charge in [0.15, 0.2) is 9.60 Å². The third-order valence-corrected chi connectivity index (χ3v) is 9.03. The molecule has 6 aromatic rings. The zero-order valence-electron chi connectivity index (χ0n) is 21.7. The van der Waals surface area contributed by atoms with E-state index in [0.29, 0.717) is 42.3 Å². The predicted molar refractivity (Wildman–Crippen MR) is 164 cm³/mol. The molecule has 11 heteroatoms. The summed E-state index contributed by atoms with van der Waals surface area (Å²) in [6.07, 6.45) is 0. The first-order chi connectivity index (χ1) is 19.7. The number of carbonyl (C=O) groups is 2. The molecule has 6 rings (SSSR count). The quantitative estimate of drug-likeness (QED) is 0.207. The highest BCUT2D eigenvalue weighted by Gasteiger charge is 2.10. The van der Waals surface area contributed by atoms with Crippen LogP contribution in [0.3, 0.4) is 0 Å². The smallest absolute Gasteiger partial charge is 0.279 e. The monoisotopic (exact) mass is 618 g/mol. The van der Waals surface area contributed by atoms with Crippen LogP contribution in [0.4, 0.5) is 0 Å². The molecule has 41 heavy (non-hydrogen) atoms. The molecule has 0 radical (unpaired) electrons. The zero-order valence-corrected chi connectivity index (χ0v) is 24.8. The van der Waals surface area contributed by atoms with E-state index in [1.807, 2.05) is 59.6 Å². The second-order valence-corrected chi connectivity index (χ2v) is 12.0. The summed E-state index contributed by atoms with van der Waals surface area (Å²) in [5, 5.41) is 1.27. The van der Waals surface area contributed by atoms with Crippen molar-refractivity contribution in [3.8, 4) is 11.5 Å². The second-order valence-electron chi connectivity index (χ2n) is 9.10. The average molecular weight is 620 g/mol. The number of amides is 2. The van der Waals surface area contributed by atoms with Crippen LogP contribution in [0.5, 0.6) is 11.5 Å². The Morgan fingerprint density at radius 2 is 1.02 bits per heavy atom. The van der Waals surface area contributed by atoms with Crippen molar-refractivity contribution in [2.45, 2.75) is 0 Å². The molecule has 2 amide bonds. The maximum Gasteiger partial charge on any atom is 0.279 e. The molecule has 2 aromatic heterocycles. The first-order valence-electron chi connectivity index (χ1n) is 12.3. The summed E-state index contributed by atoms with van der Waals surface area (Å²) in [6, 6.07) is 24.6. The average Bonchev–Trinajstić information content (AvgIpc) is 3.43. The molecule has 0 unspecified atom stereocenters. The third kappa shape index (κ3) is 5.62. The summed E-state index contributed by atoms with van der Waals surface area (Å²) in [5.74, 6) is 0.379. The first-order valence-corrected chi connectivity index (χ1v) is 14.7. The van der Waals surface area contributed by atoms with Crippen molar-refractivity contribution in [1.29, 1.82) is 0 Å². The molecule has 0 bridgehead atoms. The van der Waals surface area contributed by atoms with Gasteiger partial charge in [0, 0.05) is 35.3 Å². The molecule has 4 aromatic carbocycles. The van der Waals surface area contributed by atoms with E-state index in [1.54, 1.807) is 48.5 Å². The van der Waals surface area contributed by atoms with E-state index in [2.05, 4.69) is 9.98 Å².